The van der Waals surface area contributed by atoms with E-state index in [2.05, 4.69) is 13.9 Å². The van der Waals surface area contributed by atoms with Crippen molar-refractivity contribution in [3.8, 4) is 0 Å². The topological polar surface area (TPSA) is 205 Å². The van der Waals surface area contributed by atoms with Crippen molar-refractivity contribution in [1.29, 1.82) is 0 Å². The maximum atomic E-state index is 12.0. The Balaban J connectivity index is 1.75. The molecule has 270 valence electrons. The Labute approximate surface area is 292 Å². The second-order valence-electron chi connectivity index (χ2n) is 13.2. The van der Waals surface area contributed by atoms with Gasteiger partial charge in [0.15, 0.2) is 5.71 Å². The van der Waals surface area contributed by atoms with Crippen LogP contribution < -0.4 is 0 Å². The molecule has 0 saturated heterocycles. The second-order valence-corrected chi connectivity index (χ2v) is 18.6. The van der Waals surface area contributed by atoms with E-state index in [1.807, 2.05) is 58.1 Å². The van der Waals surface area contributed by atoms with Crippen LogP contribution >= 0.6 is 12.0 Å². The van der Waals surface area contributed by atoms with Crippen molar-refractivity contribution in [1.82, 2.24) is 0 Å². The van der Waals surface area contributed by atoms with Crippen molar-refractivity contribution in [3.63, 3.8) is 0 Å². The molecule has 0 saturated carbocycles. The van der Waals surface area contributed by atoms with Crippen LogP contribution in [-0.2, 0) is 50.6 Å². The van der Waals surface area contributed by atoms with Gasteiger partial charge < -0.3 is 0 Å². The summed E-state index contributed by atoms with van der Waals surface area (Å²) in [7, 11) is -12.7. The van der Waals surface area contributed by atoms with Gasteiger partial charge in [0.2, 0.25) is 5.69 Å². The second kappa shape index (κ2) is 15.0. The lowest BCUT2D eigenvalue weighted by molar-refractivity contribution is -0.438. The molecule has 1 aliphatic carbocycles. The molecule has 0 amide bonds. The molecule has 2 aromatic rings. The first kappa shape index (κ1) is 39.3. The Kier molecular flexibility index (Phi) is 12.1. The Hall–Kier alpha value is -2.45. The van der Waals surface area contributed by atoms with Crippen LogP contribution in [0.1, 0.15) is 82.4 Å². The predicted octanol–water partition coefficient (Wildman–Crippen LogP) is 6.02. The number of allylic oxidation sites excluding steroid dienone is 4. The molecule has 13 nitrogen and oxygen atoms in total. The lowest BCUT2D eigenvalue weighted by Gasteiger charge is -2.24. The van der Waals surface area contributed by atoms with E-state index < -0.39 is 41.2 Å². The van der Waals surface area contributed by atoms with Gasteiger partial charge in [-0.15, -0.1) is 4.33 Å². The van der Waals surface area contributed by atoms with Crippen LogP contribution in [0.25, 0.3) is 0 Å². The number of fused-ring (bicyclic) bond motifs is 2. The maximum Gasteiger partial charge on any atom is 0.294 e. The fourth-order valence-corrected chi connectivity index (χ4v) is 8.91. The van der Waals surface area contributed by atoms with Crippen LogP contribution in [0.3, 0.4) is 0 Å². The van der Waals surface area contributed by atoms with Crippen molar-refractivity contribution in [3.05, 3.63) is 76.9 Å². The highest BCUT2D eigenvalue weighted by Gasteiger charge is 2.45. The Morgan fingerprint density at radius 1 is 0.837 bits per heavy atom. The molecule has 17 heteroatoms. The average Bonchev–Trinajstić information content (AvgIpc) is 3.33. The molecule has 0 spiro atoms. The van der Waals surface area contributed by atoms with Crippen LogP contribution in [0.15, 0.2) is 70.0 Å². The minimum Gasteiger partial charge on any atom is -0.286 e. The van der Waals surface area contributed by atoms with Crippen LogP contribution in [0.2, 0.25) is 0 Å². The minimum absolute atomic E-state index is 0.199. The summed E-state index contributed by atoms with van der Waals surface area (Å²) >= 11 is 0.832. The molecule has 0 radical (unpaired) electrons. The summed E-state index contributed by atoms with van der Waals surface area (Å²) in [4.78, 5) is 0.450. The fourth-order valence-electron chi connectivity index (χ4n) is 6.87. The lowest BCUT2D eigenvalue weighted by Crippen LogP contribution is -2.28. The van der Waals surface area contributed by atoms with Crippen molar-refractivity contribution in [2.45, 2.75) is 86.3 Å². The Morgan fingerprint density at radius 2 is 1.49 bits per heavy atom. The van der Waals surface area contributed by atoms with Gasteiger partial charge in [-0.1, -0.05) is 49.1 Å². The number of unbranched alkanes of at least 4 members (excludes halogenated alkanes) is 2. The molecule has 4 rings (SSSR count). The SMILES string of the molecule is CC1(C)C(=CC=CC2=[N+](CCCCS(=O)(=O)O)c3ccc(SOOO)cc3C2(C)C)C(CCCCS(=O)(=O)O)c2ccc(S(=O)(=O)O)cc21. The molecule has 2 aliphatic rings. The molecule has 0 fully saturated rings. The molecule has 0 bridgehead atoms. The Morgan fingerprint density at radius 3 is 2.10 bits per heavy atom. The highest BCUT2D eigenvalue weighted by Crippen LogP contribution is 2.52. The van der Waals surface area contributed by atoms with Gasteiger partial charge >= 0.3 is 0 Å². The zero-order valence-corrected chi connectivity index (χ0v) is 30.8. The molecule has 49 heavy (non-hydrogen) atoms. The fraction of sp³-hybridized carbons (Fsp3) is 0.469. The molecule has 1 aliphatic heterocycles. The van der Waals surface area contributed by atoms with Crippen molar-refractivity contribution >= 4 is 53.8 Å². The molecule has 2 aromatic carbocycles. The minimum atomic E-state index is -4.46. The van der Waals surface area contributed by atoms with Gasteiger partial charge in [0.05, 0.1) is 33.9 Å². The average molecular weight is 761 g/mol. The summed E-state index contributed by atoms with van der Waals surface area (Å²) < 4.78 is 104. The molecule has 1 heterocycles. The summed E-state index contributed by atoms with van der Waals surface area (Å²) in [5.41, 5.74) is 4.07. The molecular weight excluding hydrogens is 719 g/mol. The predicted molar refractivity (Wildman–Crippen MR) is 185 cm³/mol. The first-order valence-corrected chi connectivity index (χ1v) is 20.9. The van der Waals surface area contributed by atoms with E-state index in [4.69, 9.17) is 5.26 Å². The van der Waals surface area contributed by atoms with Gasteiger partial charge in [-0.2, -0.15) is 29.8 Å². The van der Waals surface area contributed by atoms with E-state index in [0.717, 1.165) is 45.7 Å². The van der Waals surface area contributed by atoms with E-state index >= 15 is 0 Å². The standard InChI is InChI=1S/C32H41NO12S4/c1-31(2)26(24(10-5-7-18-47(35,36)37)25-15-14-23(21-27(25)31)49(41,42)43)11-9-12-30-32(3,4)28-20-22(46-45-44-34)13-16-29(28)33(30)17-6-8-19-48(38,39)40/h9,11-16,20-21,24H,5-8,10,17-19H2,1-4H3,(H3-,34,35,36,37,38,39,40,41,42,43)/p+1. The first-order valence-electron chi connectivity index (χ1n) is 15.5. The van der Waals surface area contributed by atoms with Gasteiger partial charge in [0, 0.05) is 40.4 Å². The van der Waals surface area contributed by atoms with Crippen molar-refractivity contribution in [2.75, 3.05) is 18.1 Å². The molecule has 0 aromatic heterocycles. The highest BCUT2D eigenvalue weighted by molar-refractivity contribution is 7.94. The largest absolute Gasteiger partial charge is 0.294 e. The van der Waals surface area contributed by atoms with Crippen LogP contribution in [-0.4, -0.2) is 72.5 Å². The summed E-state index contributed by atoms with van der Waals surface area (Å²) in [6.07, 6.45) is 7.81. The van der Waals surface area contributed by atoms with E-state index in [-0.39, 0.29) is 35.2 Å². The van der Waals surface area contributed by atoms with E-state index in [1.165, 1.54) is 12.1 Å². The van der Waals surface area contributed by atoms with E-state index in [1.54, 1.807) is 12.1 Å². The summed E-state index contributed by atoms with van der Waals surface area (Å²) in [5, 5.41) is 12.4. The zero-order valence-electron chi connectivity index (χ0n) is 27.6. The molecule has 1 atom stereocenters. The van der Waals surface area contributed by atoms with Crippen LogP contribution in [0, 0.1) is 0 Å². The number of rotatable bonds is 16. The molecular formula is C32H42NO12S4+. The maximum absolute atomic E-state index is 12.0. The van der Waals surface area contributed by atoms with Gasteiger partial charge in [-0.3, -0.25) is 13.7 Å². The van der Waals surface area contributed by atoms with Gasteiger partial charge in [0.25, 0.3) is 30.4 Å². The highest BCUT2D eigenvalue weighted by atomic mass is 32.2. The summed E-state index contributed by atoms with van der Waals surface area (Å²) in [5.74, 6) is -0.928. The number of hydrogen-bond donors (Lipinski definition) is 4. The third-order valence-corrected chi connectivity index (χ3v) is 12.2. The lowest BCUT2D eigenvalue weighted by atomic mass is 9.79. The van der Waals surface area contributed by atoms with Crippen molar-refractivity contribution < 1.29 is 58.1 Å². The van der Waals surface area contributed by atoms with Crippen LogP contribution in [0.5, 0.6) is 0 Å². The Bertz CT molecular complexity index is 2000. The normalized spacial score (nSPS) is 19.6. The molecule has 4 N–H and O–H groups in total. The first-order chi connectivity index (χ1) is 22.7. The van der Waals surface area contributed by atoms with Gasteiger partial charge in [-0.25, -0.2) is 5.26 Å². The zero-order chi connectivity index (χ0) is 36.4. The van der Waals surface area contributed by atoms with Crippen molar-refractivity contribution in [2.24, 2.45) is 0 Å². The summed E-state index contributed by atoms with van der Waals surface area (Å²) in [6, 6.07) is 10.1. The van der Waals surface area contributed by atoms with Gasteiger partial charge in [0.1, 0.15) is 6.54 Å². The van der Waals surface area contributed by atoms with Gasteiger partial charge in [-0.05, 0) is 68.5 Å². The number of nitrogens with zero attached hydrogens (tertiary/aromatic N) is 1. The third kappa shape index (κ3) is 9.46. The monoisotopic (exact) mass is 760 g/mol. The number of benzene rings is 2. The quantitative estimate of drug-likeness (QED) is 0.0386. The third-order valence-electron chi connectivity index (χ3n) is 9.20. The van der Waals surface area contributed by atoms with E-state index in [0.29, 0.717) is 30.7 Å². The van der Waals surface area contributed by atoms with E-state index in [9.17, 15) is 38.9 Å². The number of hydrogen-bond acceptors (Lipinski definition) is 10. The molecule has 1 unspecified atom stereocenters. The smallest absolute Gasteiger partial charge is 0.286 e. The summed E-state index contributed by atoms with van der Waals surface area (Å²) in [6.45, 7) is 8.45. The van der Waals surface area contributed by atoms with Crippen LogP contribution in [0.4, 0.5) is 5.69 Å².